The number of nitrogens with one attached hydrogen (secondary N) is 1. The Labute approximate surface area is 168 Å². The van der Waals surface area contributed by atoms with Crippen LogP contribution in [0, 0.1) is 0 Å². The number of esters is 1. The van der Waals surface area contributed by atoms with Crippen molar-refractivity contribution >= 4 is 28.5 Å². The highest BCUT2D eigenvalue weighted by Gasteiger charge is 2.29. The first-order chi connectivity index (χ1) is 14.1. The van der Waals surface area contributed by atoms with E-state index in [2.05, 4.69) is 15.0 Å². The third kappa shape index (κ3) is 5.02. The molecule has 0 aliphatic rings. The van der Waals surface area contributed by atoms with Gasteiger partial charge in [-0.05, 0) is 35.9 Å². The molecule has 0 radical (unpaired) electrons. The molecule has 0 saturated carbocycles. The molecule has 3 rings (SSSR count). The predicted octanol–water partition coefficient (Wildman–Crippen LogP) is 2.97. The van der Waals surface area contributed by atoms with Crippen LogP contribution in [0.1, 0.15) is 18.1 Å². The van der Waals surface area contributed by atoms with Crippen molar-refractivity contribution in [1.82, 2.24) is 9.55 Å². The molecule has 1 aromatic heterocycles. The van der Waals surface area contributed by atoms with Crippen LogP contribution < -0.4 is 10.9 Å². The van der Waals surface area contributed by atoms with E-state index in [9.17, 15) is 27.6 Å². The first-order valence-corrected chi connectivity index (χ1v) is 8.72. The zero-order valence-electron chi connectivity index (χ0n) is 15.7. The normalized spacial score (nSPS) is 11.3. The molecule has 10 heteroatoms. The van der Waals surface area contributed by atoms with Crippen molar-refractivity contribution in [3.63, 3.8) is 0 Å². The van der Waals surface area contributed by atoms with E-state index in [4.69, 9.17) is 0 Å². The summed E-state index contributed by atoms with van der Waals surface area (Å²) in [6, 6.07) is 9.01. The van der Waals surface area contributed by atoms with E-state index in [1.807, 2.05) is 0 Å². The lowest BCUT2D eigenvalue weighted by atomic mass is 10.1. The molecule has 0 fully saturated rings. The van der Waals surface area contributed by atoms with E-state index in [1.54, 1.807) is 12.1 Å². The molecule has 0 saturated heterocycles. The molecule has 0 aliphatic carbocycles. The number of hydrogen-bond acceptors (Lipinski definition) is 5. The zero-order valence-corrected chi connectivity index (χ0v) is 15.7. The fourth-order valence-electron chi connectivity index (χ4n) is 2.71. The Morgan fingerprint density at radius 1 is 1.13 bits per heavy atom. The molecule has 156 valence electrons. The molecule has 0 aliphatic heterocycles. The maximum atomic E-state index is 12.8. The third-order valence-electron chi connectivity index (χ3n) is 4.15. The van der Waals surface area contributed by atoms with E-state index in [-0.39, 0.29) is 11.9 Å². The largest absolute Gasteiger partial charge is 0.456 e. The Kier molecular flexibility index (Phi) is 5.86. The summed E-state index contributed by atoms with van der Waals surface area (Å²) in [6.07, 6.45) is -3.13. The standard InChI is InChI=1S/C20H16F3N3O4/c1-12(27)30-10-18(28)25-15-6-7-17-16(8-15)19(29)26(11-24-17)9-13-2-4-14(5-3-13)20(21,22)23/h2-8,11H,9-10H2,1H3,(H,25,28). The molecule has 2 aromatic carbocycles. The number of hydrogen-bond donors (Lipinski definition) is 1. The second kappa shape index (κ2) is 8.36. The van der Waals surface area contributed by atoms with Crippen LogP contribution in [0.3, 0.4) is 0 Å². The minimum absolute atomic E-state index is 0.0307. The fraction of sp³-hybridized carbons (Fsp3) is 0.200. The van der Waals surface area contributed by atoms with E-state index in [1.165, 1.54) is 36.0 Å². The van der Waals surface area contributed by atoms with Gasteiger partial charge in [0.25, 0.3) is 11.5 Å². The first-order valence-electron chi connectivity index (χ1n) is 8.72. The summed E-state index contributed by atoms with van der Waals surface area (Å²) in [4.78, 5) is 39.5. The number of carbonyl (C=O) groups excluding carboxylic acids is 2. The monoisotopic (exact) mass is 419 g/mol. The van der Waals surface area contributed by atoms with Crippen LogP contribution in [0.15, 0.2) is 53.6 Å². The van der Waals surface area contributed by atoms with Gasteiger partial charge in [-0.2, -0.15) is 13.2 Å². The number of anilines is 1. The maximum Gasteiger partial charge on any atom is 0.416 e. The smallest absolute Gasteiger partial charge is 0.416 e. The summed E-state index contributed by atoms with van der Waals surface area (Å²) in [5.74, 6) is -1.17. The van der Waals surface area contributed by atoms with Gasteiger partial charge in [-0.1, -0.05) is 12.1 Å². The van der Waals surface area contributed by atoms with Gasteiger partial charge in [0.05, 0.1) is 29.3 Å². The van der Waals surface area contributed by atoms with Gasteiger partial charge in [0.15, 0.2) is 6.61 Å². The molecule has 0 unspecified atom stereocenters. The van der Waals surface area contributed by atoms with Crippen LogP contribution in [0.25, 0.3) is 10.9 Å². The van der Waals surface area contributed by atoms with Crippen molar-refractivity contribution in [1.29, 1.82) is 0 Å². The van der Waals surface area contributed by atoms with E-state index < -0.39 is 35.8 Å². The number of alkyl halides is 3. The topological polar surface area (TPSA) is 90.3 Å². The van der Waals surface area contributed by atoms with Crippen molar-refractivity contribution in [2.45, 2.75) is 19.6 Å². The molecule has 30 heavy (non-hydrogen) atoms. The SMILES string of the molecule is CC(=O)OCC(=O)Nc1ccc2ncn(Cc3ccc(C(F)(F)F)cc3)c(=O)c2c1. The van der Waals surface area contributed by atoms with Gasteiger partial charge in [-0.3, -0.25) is 19.0 Å². The minimum atomic E-state index is -4.43. The van der Waals surface area contributed by atoms with Crippen LogP contribution in [0.5, 0.6) is 0 Å². The fourth-order valence-corrected chi connectivity index (χ4v) is 2.71. The van der Waals surface area contributed by atoms with Crippen molar-refractivity contribution in [3.05, 3.63) is 70.3 Å². The Balaban J connectivity index is 1.83. The molecular weight excluding hydrogens is 403 g/mol. The minimum Gasteiger partial charge on any atom is -0.456 e. The summed E-state index contributed by atoms with van der Waals surface area (Å²) < 4.78 is 43.9. The quantitative estimate of drug-likeness (QED) is 0.643. The van der Waals surface area contributed by atoms with Crippen molar-refractivity contribution < 1.29 is 27.5 Å². The van der Waals surface area contributed by atoms with Crippen molar-refractivity contribution in [2.24, 2.45) is 0 Å². The number of aromatic nitrogens is 2. The van der Waals surface area contributed by atoms with Crippen LogP contribution in [0.4, 0.5) is 18.9 Å². The highest BCUT2D eigenvalue weighted by Crippen LogP contribution is 2.29. The first kappa shape index (κ1) is 21.0. The van der Waals surface area contributed by atoms with Gasteiger partial charge in [0.2, 0.25) is 0 Å². The second-order valence-corrected chi connectivity index (χ2v) is 6.43. The van der Waals surface area contributed by atoms with Crippen molar-refractivity contribution in [3.8, 4) is 0 Å². The van der Waals surface area contributed by atoms with E-state index in [0.717, 1.165) is 12.1 Å². The lowest BCUT2D eigenvalue weighted by molar-refractivity contribution is -0.145. The lowest BCUT2D eigenvalue weighted by Crippen LogP contribution is -2.22. The molecule has 0 spiro atoms. The Hall–Kier alpha value is -3.69. The van der Waals surface area contributed by atoms with E-state index in [0.29, 0.717) is 16.8 Å². The number of amides is 1. The Morgan fingerprint density at radius 2 is 1.83 bits per heavy atom. The summed E-state index contributed by atoms with van der Waals surface area (Å²) in [5.41, 5.74) is 0.00456. The summed E-state index contributed by atoms with van der Waals surface area (Å²) >= 11 is 0. The molecule has 1 heterocycles. The van der Waals surface area contributed by atoms with Gasteiger partial charge in [-0.25, -0.2) is 4.98 Å². The predicted molar refractivity (Wildman–Crippen MR) is 102 cm³/mol. The lowest BCUT2D eigenvalue weighted by Gasteiger charge is -2.10. The number of rotatable bonds is 5. The van der Waals surface area contributed by atoms with Gasteiger partial charge in [0.1, 0.15) is 0 Å². The number of nitrogens with zero attached hydrogens (tertiary/aromatic N) is 2. The van der Waals surface area contributed by atoms with Gasteiger partial charge in [-0.15, -0.1) is 0 Å². The molecule has 0 bridgehead atoms. The maximum absolute atomic E-state index is 12.8. The highest BCUT2D eigenvalue weighted by atomic mass is 19.4. The number of carbonyl (C=O) groups is 2. The average molecular weight is 419 g/mol. The summed E-state index contributed by atoms with van der Waals surface area (Å²) in [6.45, 7) is 0.746. The molecule has 3 aromatic rings. The second-order valence-electron chi connectivity index (χ2n) is 6.43. The average Bonchev–Trinajstić information content (AvgIpc) is 2.68. The van der Waals surface area contributed by atoms with E-state index >= 15 is 0 Å². The summed E-state index contributed by atoms with van der Waals surface area (Å²) in [7, 11) is 0. The van der Waals surface area contributed by atoms with Crippen LogP contribution in [0.2, 0.25) is 0 Å². The number of ether oxygens (including phenoxy) is 1. The summed E-state index contributed by atoms with van der Waals surface area (Å²) in [5, 5.41) is 2.72. The van der Waals surface area contributed by atoms with Gasteiger partial charge in [0, 0.05) is 12.6 Å². The Morgan fingerprint density at radius 3 is 2.47 bits per heavy atom. The highest BCUT2D eigenvalue weighted by molar-refractivity contribution is 5.94. The van der Waals surface area contributed by atoms with Gasteiger partial charge < -0.3 is 10.1 Å². The molecular formula is C20H16F3N3O4. The molecule has 7 nitrogen and oxygen atoms in total. The third-order valence-corrected chi connectivity index (χ3v) is 4.15. The number of halogens is 3. The van der Waals surface area contributed by atoms with Crippen molar-refractivity contribution in [2.75, 3.05) is 11.9 Å². The number of benzene rings is 2. The van der Waals surface area contributed by atoms with Crippen LogP contribution >= 0.6 is 0 Å². The number of fused-ring (bicyclic) bond motifs is 1. The molecule has 0 atom stereocenters. The molecule has 1 N–H and O–H groups in total. The Bertz CT molecular complexity index is 1150. The van der Waals surface area contributed by atoms with Crippen LogP contribution in [-0.2, 0) is 27.0 Å². The molecule has 1 amide bonds. The zero-order chi connectivity index (χ0) is 21.9. The van der Waals surface area contributed by atoms with Crippen LogP contribution in [-0.4, -0.2) is 28.0 Å². The van der Waals surface area contributed by atoms with Gasteiger partial charge >= 0.3 is 12.1 Å².